The molecule has 0 saturated carbocycles. The summed E-state index contributed by atoms with van der Waals surface area (Å²) < 4.78 is 31.7. The van der Waals surface area contributed by atoms with E-state index in [9.17, 15) is 18.4 Å². The van der Waals surface area contributed by atoms with Crippen LogP contribution < -0.4 is 10.2 Å². The van der Waals surface area contributed by atoms with E-state index in [-0.39, 0.29) is 17.3 Å². The first-order valence-electron chi connectivity index (χ1n) is 10.4. The van der Waals surface area contributed by atoms with Crippen molar-refractivity contribution in [2.24, 2.45) is 5.41 Å². The maximum atomic E-state index is 13.1. The minimum absolute atomic E-state index is 0.114. The molecule has 0 bridgehead atoms. The first-order valence-corrected chi connectivity index (χ1v) is 12.1. The highest BCUT2D eigenvalue weighted by molar-refractivity contribution is 7.91. The molecule has 2 N–H and O–H groups in total. The minimum atomic E-state index is -3.77. The predicted octanol–water partition coefficient (Wildman–Crippen LogP) is 2.65. The highest BCUT2D eigenvalue weighted by Gasteiger charge is 2.45. The zero-order chi connectivity index (χ0) is 23.0. The number of rotatable bonds is 8. The second kappa shape index (κ2) is 10.6. The average molecular weight is 457 g/mol. The number of benzene rings is 2. The summed E-state index contributed by atoms with van der Waals surface area (Å²) in [5.41, 5.74) is 1.67. The van der Waals surface area contributed by atoms with Crippen molar-refractivity contribution >= 4 is 15.7 Å². The van der Waals surface area contributed by atoms with Crippen LogP contribution in [0.25, 0.3) is 0 Å². The molecular weight excluding hydrogens is 428 g/mol. The number of hydrogen-bond donors (Lipinski definition) is 2. The molecule has 2 aromatic rings. The van der Waals surface area contributed by atoms with Crippen molar-refractivity contribution in [1.82, 2.24) is 10.4 Å². The average Bonchev–Trinajstić information content (AvgIpc) is 2.81. The van der Waals surface area contributed by atoms with Gasteiger partial charge in [0.25, 0.3) is 5.91 Å². The van der Waals surface area contributed by atoms with Gasteiger partial charge in [-0.25, -0.2) is 13.9 Å². The summed E-state index contributed by atoms with van der Waals surface area (Å²) in [7, 11) is -3.77. The van der Waals surface area contributed by atoms with E-state index in [1.807, 2.05) is 30.3 Å². The number of carbonyl (C=O) groups excluding carboxylic acids is 1. The number of likely N-dealkylation sites (tertiary alicyclic amines) is 1. The zero-order valence-corrected chi connectivity index (χ0v) is 18.9. The summed E-state index contributed by atoms with van der Waals surface area (Å²) >= 11 is 0. The van der Waals surface area contributed by atoms with E-state index >= 15 is 0 Å². The molecule has 8 heteroatoms. The Kier molecular flexibility index (Phi) is 7.91. The van der Waals surface area contributed by atoms with Crippen LogP contribution in [0.15, 0.2) is 59.5 Å². The fourth-order valence-corrected chi connectivity index (χ4v) is 5.78. The Morgan fingerprint density at radius 2 is 1.78 bits per heavy atom. The van der Waals surface area contributed by atoms with Gasteiger partial charge in [0.1, 0.15) is 12.4 Å². The third-order valence-electron chi connectivity index (χ3n) is 5.78. The van der Waals surface area contributed by atoms with Gasteiger partial charge in [-0.3, -0.25) is 14.9 Å². The highest BCUT2D eigenvalue weighted by atomic mass is 32.2. The number of ether oxygens (including phenoxy) is 1. The summed E-state index contributed by atoms with van der Waals surface area (Å²) in [6.07, 6.45) is 0.671. The van der Waals surface area contributed by atoms with Gasteiger partial charge in [-0.1, -0.05) is 36.3 Å². The summed E-state index contributed by atoms with van der Waals surface area (Å²) in [4.78, 5) is 14.9. The molecule has 170 valence electrons. The Labute approximate surface area is 189 Å². The molecule has 7 nitrogen and oxygen atoms in total. The van der Waals surface area contributed by atoms with Gasteiger partial charge in [0, 0.05) is 6.54 Å². The lowest BCUT2D eigenvalue weighted by Gasteiger charge is -2.39. The van der Waals surface area contributed by atoms with Crippen LogP contribution >= 0.6 is 0 Å². The van der Waals surface area contributed by atoms with Crippen LogP contribution in [0.3, 0.4) is 0 Å². The summed E-state index contributed by atoms with van der Waals surface area (Å²) in [6.45, 7) is 3.78. The van der Waals surface area contributed by atoms with Gasteiger partial charge in [0.05, 0.1) is 16.1 Å². The van der Waals surface area contributed by atoms with Crippen molar-refractivity contribution in [2.75, 3.05) is 25.4 Å². The largest absolute Gasteiger partial charge is 0.481 e. The van der Waals surface area contributed by atoms with Gasteiger partial charge >= 0.3 is 0 Å². The van der Waals surface area contributed by atoms with Gasteiger partial charge in [-0.05, 0) is 62.7 Å². The summed E-state index contributed by atoms with van der Waals surface area (Å²) in [5.74, 6) is 4.99. The smallest absolute Gasteiger partial charge is 0.250 e. The number of carbonyl (C=O) groups is 1. The van der Waals surface area contributed by atoms with Crippen molar-refractivity contribution in [3.05, 3.63) is 60.2 Å². The monoisotopic (exact) mass is 456 g/mol. The molecule has 0 spiro atoms. The van der Waals surface area contributed by atoms with Crippen LogP contribution in [0.4, 0.5) is 0 Å². The topological polar surface area (TPSA) is 95.9 Å². The molecule has 0 unspecified atom stereocenters. The van der Waals surface area contributed by atoms with Crippen LogP contribution in [0.1, 0.15) is 25.3 Å². The Hall–Kier alpha value is -2.86. The molecule has 0 atom stereocenters. The van der Waals surface area contributed by atoms with E-state index in [1.165, 1.54) is 12.1 Å². The standard InChI is InChI=1S/C24H28N2O5S/c1-2-3-17-31-21-9-11-22(12-10-21)32(29,30)19-24(23(27)25-28)13-15-26(16-14-24)18-20-7-5-4-6-8-20/h4-12,28H,13-19H2,1H3,(H,25,27). The Morgan fingerprint density at radius 3 is 2.38 bits per heavy atom. The Balaban J connectivity index is 1.71. The molecule has 1 saturated heterocycles. The van der Waals surface area contributed by atoms with E-state index in [0.717, 1.165) is 12.1 Å². The minimum Gasteiger partial charge on any atom is -0.481 e. The molecule has 1 fully saturated rings. The number of hydrogen-bond acceptors (Lipinski definition) is 6. The molecule has 32 heavy (non-hydrogen) atoms. The molecule has 0 aliphatic carbocycles. The number of nitrogens with zero attached hydrogens (tertiary/aromatic N) is 1. The second-order valence-corrected chi connectivity index (χ2v) is 9.92. The lowest BCUT2D eigenvalue weighted by molar-refractivity contribution is -0.141. The fraction of sp³-hybridized carbons (Fsp3) is 0.375. The third-order valence-corrected chi connectivity index (χ3v) is 7.71. The number of piperidine rings is 1. The predicted molar refractivity (Wildman–Crippen MR) is 121 cm³/mol. The molecule has 0 aromatic heterocycles. The van der Waals surface area contributed by atoms with Gasteiger partial charge in [0.15, 0.2) is 9.84 Å². The lowest BCUT2D eigenvalue weighted by Crippen LogP contribution is -2.51. The van der Waals surface area contributed by atoms with Crippen molar-refractivity contribution < 1.29 is 23.2 Å². The van der Waals surface area contributed by atoms with Gasteiger partial charge in [0.2, 0.25) is 0 Å². The number of hydroxylamine groups is 1. The summed E-state index contributed by atoms with van der Waals surface area (Å²) in [5, 5.41) is 9.32. The first-order chi connectivity index (χ1) is 15.4. The van der Waals surface area contributed by atoms with Crippen molar-refractivity contribution in [3.8, 4) is 17.6 Å². The molecule has 1 aliphatic heterocycles. The number of sulfone groups is 1. The molecule has 2 aromatic carbocycles. The van der Waals surface area contributed by atoms with Crippen molar-refractivity contribution in [1.29, 1.82) is 0 Å². The third kappa shape index (κ3) is 5.88. The molecule has 1 amide bonds. The molecule has 0 radical (unpaired) electrons. The number of amides is 1. The van der Waals surface area contributed by atoms with Crippen LogP contribution in [-0.2, 0) is 21.2 Å². The van der Waals surface area contributed by atoms with Crippen LogP contribution in [0.5, 0.6) is 5.75 Å². The van der Waals surface area contributed by atoms with E-state index in [0.29, 0.717) is 31.7 Å². The first kappa shape index (κ1) is 23.8. The zero-order valence-electron chi connectivity index (χ0n) is 18.1. The van der Waals surface area contributed by atoms with E-state index in [4.69, 9.17) is 4.74 Å². The fourth-order valence-electron chi connectivity index (χ4n) is 3.92. The van der Waals surface area contributed by atoms with Gasteiger partial charge in [-0.15, -0.1) is 5.92 Å². The Bertz CT molecular complexity index is 1060. The van der Waals surface area contributed by atoms with Crippen LogP contribution in [0.2, 0.25) is 0 Å². The van der Waals surface area contributed by atoms with E-state index in [1.54, 1.807) is 24.5 Å². The summed E-state index contributed by atoms with van der Waals surface area (Å²) in [6, 6.07) is 16.1. The van der Waals surface area contributed by atoms with Gasteiger partial charge < -0.3 is 4.74 Å². The lowest BCUT2D eigenvalue weighted by atomic mass is 9.79. The second-order valence-electron chi connectivity index (χ2n) is 7.93. The maximum absolute atomic E-state index is 13.1. The van der Waals surface area contributed by atoms with E-state index in [2.05, 4.69) is 16.7 Å². The molecule has 3 rings (SSSR count). The molecule has 1 heterocycles. The van der Waals surface area contributed by atoms with Crippen molar-refractivity contribution in [2.45, 2.75) is 31.2 Å². The molecular formula is C24H28N2O5S. The van der Waals surface area contributed by atoms with Crippen LogP contribution in [0, 0.1) is 17.3 Å². The normalized spacial score (nSPS) is 15.9. The highest BCUT2D eigenvalue weighted by Crippen LogP contribution is 2.36. The quantitative estimate of drug-likeness (QED) is 0.360. The Morgan fingerprint density at radius 1 is 1.12 bits per heavy atom. The van der Waals surface area contributed by atoms with Crippen molar-refractivity contribution in [3.63, 3.8) is 0 Å². The number of nitrogens with one attached hydrogen (secondary N) is 1. The SMILES string of the molecule is CC#CCOc1ccc(S(=O)(=O)CC2(C(=O)NO)CCN(Cc3ccccc3)CC2)cc1. The molecule has 1 aliphatic rings. The van der Waals surface area contributed by atoms with Gasteiger partial charge in [-0.2, -0.15) is 0 Å². The van der Waals surface area contributed by atoms with Crippen LogP contribution in [-0.4, -0.2) is 49.9 Å². The van der Waals surface area contributed by atoms with E-state index < -0.39 is 21.2 Å². The maximum Gasteiger partial charge on any atom is 0.250 e.